The second-order valence-electron chi connectivity index (χ2n) is 9.91. The minimum Gasteiger partial charge on any atom is -0.495 e. The molecule has 202 valence electrons. The van der Waals surface area contributed by atoms with Gasteiger partial charge >= 0.3 is 0 Å². The van der Waals surface area contributed by atoms with Gasteiger partial charge in [0.2, 0.25) is 21.8 Å². The van der Waals surface area contributed by atoms with Gasteiger partial charge in [-0.3, -0.25) is 13.9 Å². The molecule has 2 aromatic carbocycles. The van der Waals surface area contributed by atoms with Crippen molar-refractivity contribution in [3.63, 3.8) is 0 Å². The van der Waals surface area contributed by atoms with Crippen molar-refractivity contribution in [1.82, 2.24) is 10.2 Å². The van der Waals surface area contributed by atoms with Crippen molar-refractivity contribution in [2.75, 3.05) is 24.2 Å². The zero-order valence-electron chi connectivity index (χ0n) is 22.5. The molecule has 8 nitrogen and oxygen atoms in total. The van der Waals surface area contributed by atoms with Crippen molar-refractivity contribution in [1.29, 1.82) is 0 Å². The summed E-state index contributed by atoms with van der Waals surface area (Å²) in [6.07, 6.45) is 6.24. The fourth-order valence-corrected chi connectivity index (χ4v) is 5.56. The highest BCUT2D eigenvalue weighted by atomic mass is 32.2. The van der Waals surface area contributed by atoms with Crippen LogP contribution in [-0.2, 0) is 26.2 Å². The van der Waals surface area contributed by atoms with Gasteiger partial charge in [0, 0.05) is 12.6 Å². The Morgan fingerprint density at radius 1 is 1.08 bits per heavy atom. The van der Waals surface area contributed by atoms with Crippen molar-refractivity contribution < 1.29 is 22.7 Å². The van der Waals surface area contributed by atoms with E-state index in [1.165, 1.54) is 18.4 Å². The lowest BCUT2D eigenvalue weighted by molar-refractivity contribution is -0.139. The Kier molecular flexibility index (Phi) is 9.59. The standard InChI is InChI=1S/C28H39N3O5S/c1-20-15-16-26(36-4)25(17-20)31(37(5,34)35)19-27(32)30(18-23-12-10-9-11-21(23)2)22(3)28(33)29-24-13-7-6-8-14-24/h9-12,15-17,22,24H,6-8,13-14,18-19H2,1-5H3,(H,29,33)/t22-/m1/s1. The Hall–Kier alpha value is -3.07. The number of nitrogens with zero attached hydrogens (tertiary/aromatic N) is 2. The number of carbonyl (C=O) groups excluding carboxylic acids is 2. The minimum atomic E-state index is -3.84. The third-order valence-electron chi connectivity index (χ3n) is 7.00. The molecule has 0 unspecified atom stereocenters. The maximum Gasteiger partial charge on any atom is 0.244 e. The van der Waals surface area contributed by atoms with E-state index in [-0.39, 0.29) is 24.2 Å². The van der Waals surface area contributed by atoms with Crippen LogP contribution in [0.5, 0.6) is 5.75 Å². The Labute approximate surface area is 221 Å². The van der Waals surface area contributed by atoms with Gasteiger partial charge in [0.05, 0.1) is 19.1 Å². The third kappa shape index (κ3) is 7.47. The van der Waals surface area contributed by atoms with E-state index in [4.69, 9.17) is 4.74 Å². The molecule has 0 bridgehead atoms. The molecule has 1 aliphatic carbocycles. The van der Waals surface area contributed by atoms with Crippen LogP contribution in [0.25, 0.3) is 0 Å². The second-order valence-corrected chi connectivity index (χ2v) is 11.8. The number of benzene rings is 2. The molecule has 0 spiro atoms. The zero-order chi connectivity index (χ0) is 27.2. The van der Waals surface area contributed by atoms with Crippen LogP contribution in [0, 0.1) is 13.8 Å². The molecule has 1 fully saturated rings. The highest BCUT2D eigenvalue weighted by molar-refractivity contribution is 7.92. The normalized spacial score (nSPS) is 15.1. The molecule has 0 radical (unpaired) electrons. The lowest BCUT2D eigenvalue weighted by Gasteiger charge is -2.33. The van der Waals surface area contributed by atoms with E-state index < -0.39 is 28.5 Å². The van der Waals surface area contributed by atoms with Gasteiger partial charge in [-0.05, 0) is 62.4 Å². The second kappa shape index (κ2) is 12.4. The molecule has 37 heavy (non-hydrogen) atoms. The largest absolute Gasteiger partial charge is 0.495 e. The summed E-state index contributed by atoms with van der Waals surface area (Å²) in [6, 6.07) is 12.2. The van der Waals surface area contributed by atoms with Crippen molar-refractivity contribution in [3.8, 4) is 5.75 Å². The average molecular weight is 530 g/mol. The van der Waals surface area contributed by atoms with E-state index >= 15 is 0 Å². The smallest absolute Gasteiger partial charge is 0.244 e. The molecule has 0 aliphatic heterocycles. The molecule has 0 heterocycles. The highest BCUT2D eigenvalue weighted by Crippen LogP contribution is 2.31. The highest BCUT2D eigenvalue weighted by Gasteiger charge is 2.32. The van der Waals surface area contributed by atoms with Gasteiger partial charge in [0.25, 0.3) is 0 Å². The summed E-state index contributed by atoms with van der Waals surface area (Å²) in [7, 11) is -2.38. The Morgan fingerprint density at radius 2 is 1.76 bits per heavy atom. The number of methoxy groups -OCH3 is 1. The van der Waals surface area contributed by atoms with Gasteiger partial charge in [0.15, 0.2) is 0 Å². The van der Waals surface area contributed by atoms with Crippen molar-refractivity contribution >= 4 is 27.5 Å². The summed E-state index contributed by atoms with van der Waals surface area (Å²) in [5, 5.41) is 3.11. The molecule has 2 aromatic rings. The summed E-state index contributed by atoms with van der Waals surface area (Å²) in [5.41, 5.74) is 3.00. The van der Waals surface area contributed by atoms with E-state index in [9.17, 15) is 18.0 Å². The van der Waals surface area contributed by atoms with E-state index in [0.29, 0.717) is 5.75 Å². The molecule has 3 rings (SSSR count). The van der Waals surface area contributed by atoms with E-state index in [2.05, 4.69) is 5.32 Å². The van der Waals surface area contributed by atoms with Gasteiger partial charge in [-0.25, -0.2) is 8.42 Å². The number of carbonyl (C=O) groups is 2. The van der Waals surface area contributed by atoms with Gasteiger partial charge in [-0.15, -0.1) is 0 Å². The van der Waals surface area contributed by atoms with Crippen LogP contribution in [0.4, 0.5) is 5.69 Å². The molecule has 1 saturated carbocycles. The Bertz CT molecular complexity index is 1210. The Morgan fingerprint density at radius 3 is 2.38 bits per heavy atom. The van der Waals surface area contributed by atoms with Crippen LogP contribution in [-0.4, -0.2) is 57.1 Å². The number of nitrogens with one attached hydrogen (secondary N) is 1. The summed E-state index contributed by atoms with van der Waals surface area (Å²) in [4.78, 5) is 28.6. The first kappa shape index (κ1) is 28.5. The third-order valence-corrected chi connectivity index (χ3v) is 8.13. The quantitative estimate of drug-likeness (QED) is 0.503. The predicted molar refractivity (Wildman–Crippen MR) is 146 cm³/mol. The Balaban J connectivity index is 1.93. The first-order valence-electron chi connectivity index (χ1n) is 12.8. The zero-order valence-corrected chi connectivity index (χ0v) is 23.3. The molecule has 2 amide bonds. The van der Waals surface area contributed by atoms with E-state index in [1.54, 1.807) is 19.1 Å². The van der Waals surface area contributed by atoms with Crippen LogP contribution in [0.3, 0.4) is 0 Å². The van der Waals surface area contributed by atoms with Gasteiger partial charge in [-0.2, -0.15) is 0 Å². The first-order chi connectivity index (χ1) is 17.5. The van der Waals surface area contributed by atoms with Crippen LogP contribution in [0.1, 0.15) is 55.7 Å². The molecular formula is C28H39N3O5S. The van der Waals surface area contributed by atoms with Crippen molar-refractivity contribution in [3.05, 3.63) is 59.2 Å². The van der Waals surface area contributed by atoms with Crippen LogP contribution in [0.2, 0.25) is 0 Å². The molecule has 1 N–H and O–H groups in total. The van der Waals surface area contributed by atoms with Crippen molar-refractivity contribution in [2.24, 2.45) is 0 Å². The summed E-state index contributed by atoms with van der Waals surface area (Å²) < 4.78 is 32.2. The number of sulfonamides is 1. The maximum atomic E-state index is 13.8. The van der Waals surface area contributed by atoms with E-state index in [0.717, 1.165) is 52.9 Å². The predicted octanol–water partition coefficient (Wildman–Crippen LogP) is 3.94. The van der Waals surface area contributed by atoms with Gasteiger partial charge < -0.3 is 15.0 Å². The van der Waals surface area contributed by atoms with Gasteiger partial charge in [0.1, 0.15) is 18.3 Å². The topological polar surface area (TPSA) is 96.0 Å². The SMILES string of the molecule is COc1ccc(C)cc1N(CC(=O)N(Cc1ccccc1C)[C@H](C)C(=O)NC1CCCCC1)S(C)(=O)=O. The van der Waals surface area contributed by atoms with Crippen LogP contribution >= 0.6 is 0 Å². The summed E-state index contributed by atoms with van der Waals surface area (Å²) >= 11 is 0. The molecule has 9 heteroatoms. The molecule has 1 aliphatic rings. The summed E-state index contributed by atoms with van der Waals surface area (Å²) in [5.74, 6) is -0.353. The number of anilines is 1. The number of hydrogen-bond acceptors (Lipinski definition) is 5. The number of amides is 2. The average Bonchev–Trinajstić information content (AvgIpc) is 2.86. The van der Waals surface area contributed by atoms with Crippen molar-refractivity contribution in [2.45, 2.75) is 71.5 Å². The first-order valence-corrected chi connectivity index (χ1v) is 14.6. The number of hydrogen-bond donors (Lipinski definition) is 1. The fraction of sp³-hybridized carbons (Fsp3) is 0.500. The van der Waals surface area contributed by atoms with E-state index in [1.807, 2.05) is 44.2 Å². The van der Waals surface area contributed by atoms with Crippen LogP contribution in [0.15, 0.2) is 42.5 Å². The number of ether oxygens (including phenoxy) is 1. The minimum absolute atomic E-state index is 0.100. The molecule has 1 atom stereocenters. The molecule has 0 aromatic heterocycles. The lowest BCUT2D eigenvalue weighted by atomic mass is 9.95. The van der Waals surface area contributed by atoms with Crippen LogP contribution < -0.4 is 14.4 Å². The molecule has 0 saturated heterocycles. The molecular weight excluding hydrogens is 490 g/mol. The lowest BCUT2D eigenvalue weighted by Crippen LogP contribution is -2.53. The maximum absolute atomic E-state index is 13.8. The monoisotopic (exact) mass is 529 g/mol. The summed E-state index contributed by atoms with van der Waals surface area (Å²) in [6.45, 7) is 5.23. The fourth-order valence-electron chi connectivity index (χ4n) is 4.71. The van der Waals surface area contributed by atoms with Gasteiger partial charge in [-0.1, -0.05) is 49.6 Å². The number of rotatable bonds is 10. The number of aryl methyl sites for hydroxylation is 2.